The van der Waals surface area contributed by atoms with Crippen LogP contribution in [0.4, 0.5) is 0 Å². The van der Waals surface area contributed by atoms with Crippen molar-refractivity contribution in [1.82, 2.24) is 9.21 Å². The van der Waals surface area contributed by atoms with Crippen LogP contribution in [0.15, 0.2) is 58.1 Å². The summed E-state index contributed by atoms with van der Waals surface area (Å²) in [6.45, 7) is 2.03. The molecule has 0 unspecified atom stereocenters. The number of sulfonamides is 1. The monoisotopic (exact) mass is 490 g/mol. The Morgan fingerprint density at radius 2 is 1.75 bits per heavy atom. The van der Waals surface area contributed by atoms with Crippen molar-refractivity contribution in [2.24, 2.45) is 0 Å². The quantitative estimate of drug-likeness (QED) is 0.443. The Labute approximate surface area is 197 Å². The molecule has 0 bridgehead atoms. The van der Waals surface area contributed by atoms with E-state index in [1.807, 2.05) is 29.0 Å². The SMILES string of the molecule is COc1ccc(C(=O)N(CCc2cccs2)Cc2cccs2)cc1S(=O)(=O)N1CCCC1. The third-order valence-corrected chi connectivity index (χ3v) is 9.23. The van der Waals surface area contributed by atoms with Crippen molar-refractivity contribution in [2.45, 2.75) is 30.7 Å². The molecule has 1 aromatic carbocycles. The molecule has 170 valence electrons. The van der Waals surface area contributed by atoms with Gasteiger partial charge in [0.05, 0.1) is 13.7 Å². The van der Waals surface area contributed by atoms with Gasteiger partial charge in [-0.1, -0.05) is 12.1 Å². The minimum absolute atomic E-state index is 0.0575. The molecule has 4 rings (SSSR count). The van der Waals surface area contributed by atoms with Crippen molar-refractivity contribution >= 4 is 38.6 Å². The molecule has 1 aliphatic rings. The molecular weight excluding hydrogens is 464 g/mol. The maximum absolute atomic E-state index is 13.5. The summed E-state index contributed by atoms with van der Waals surface area (Å²) in [5.74, 6) is 0.0762. The fourth-order valence-electron chi connectivity index (χ4n) is 3.80. The number of carbonyl (C=O) groups excluding carboxylic acids is 1. The summed E-state index contributed by atoms with van der Waals surface area (Å²) in [7, 11) is -2.27. The Hall–Kier alpha value is -2.20. The van der Waals surface area contributed by atoms with E-state index < -0.39 is 10.0 Å². The van der Waals surface area contributed by atoms with Gasteiger partial charge in [0, 0.05) is 35.0 Å². The predicted octanol–water partition coefficient (Wildman–Crippen LogP) is 4.49. The Morgan fingerprint density at radius 3 is 2.38 bits per heavy atom. The van der Waals surface area contributed by atoms with Crippen LogP contribution in [0.3, 0.4) is 0 Å². The first-order chi connectivity index (χ1) is 15.5. The molecule has 1 saturated heterocycles. The highest BCUT2D eigenvalue weighted by molar-refractivity contribution is 7.89. The minimum Gasteiger partial charge on any atom is -0.495 e. The van der Waals surface area contributed by atoms with Crippen molar-refractivity contribution in [3.05, 3.63) is 68.5 Å². The van der Waals surface area contributed by atoms with Crippen molar-refractivity contribution < 1.29 is 17.9 Å². The first-order valence-corrected chi connectivity index (χ1v) is 13.7. The number of methoxy groups -OCH3 is 1. The molecule has 0 N–H and O–H groups in total. The summed E-state index contributed by atoms with van der Waals surface area (Å²) in [4.78, 5) is 17.7. The van der Waals surface area contributed by atoms with E-state index in [0.717, 1.165) is 24.1 Å². The molecule has 1 aliphatic heterocycles. The molecule has 1 amide bonds. The Kier molecular flexibility index (Phi) is 7.30. The van der Waals surface area contributed by atoms with Crippen molar-refractivity contribution in [3.8, 4) is 5.75 Å². The fraction of sp³-hybridized carbons (Fsp3) is 0.348. The van der Waals surface area contributed by atoms with Gasteiger partial charge < -0.3 is 9.64 Å². The van der Waals surface area contributed by atoms with Crippen LogP contribution >= 0.6 is 22.7 Å². The second-order valence-corrected chi connectivity index (χ2v) is 11.6. The molecule has 9 heteroatoms. The standard InChI is InChI=1S/C23H26N2O4S3/c1-29-21-9-8-18(16-22(21)32(27,28)25-11-2-3-12-25)23(26)24(17-20-7-5-15-31-20)13-10-19-6-4-14-30-19/h4-9,14-16H,2-3,10-13,17H2,1H3. The number of ether oxygens (including phenoxy) is 1. The molecular formula is C23H26N2O4S3. The summed E-state index contributed by atoms with van der Waals surface area (Å²) in [5.41, 5.74) is 0.353. The molecule has 6 nitrogen and oxygen atoms in total. The maximum Gasteiger partial charge on any atom is 0.254 e. The molecule has 0 radical (unpaired) electrons. The third kappa shape index (κ3) is 5.06. The summed E-state index contributed by atoms with van der Waals surface area (Å²) in [6, 6.07) is 12.7. The van der Waals surface area contributed by atoms with Gasteiger partial charge >= 0.3 is 0 Å². The van der Waals surface area contributed by atoms with Crippen LogP contribution in [0.5, 0.6) is 5.75 Å². The molecule has 3 heterocycles. The van der Waals surface area contributed by atoms with Crippen LogP contribution in [0.1, 0.15) is 33.0 Å². The van der Waals surface area contributed by atoms with Crippen LogP contribution in [0.2, 0.25) is 0 Å². The zero-order valence-corrected chi connectivity index (χ0v) is 20.3. The van der Waals surface area contributed by atoms with Gasteiger partial charge in [0.25, 0.3) is 5.91 Å². The molecule has 3 aromatic rings. The number of amides is 1. The van der Waals surface area contributed by atoms with Crippen molar-refractivity contribution in [3.63, 3.8) is 0 Å². The second-order valence-electron chi connectivity index (χ2n) is 7.61. The van der Waals surface area contributed by atoms with E-state index in [1.165, 1.54) is 22.4 Å². The Bertz CT molecular complexity index is 1140. The highest BCUT2D eigenvalue weighted by Crippen LogP contribution is 2.30. The van der Waals surface area contributed by atoms with Gasteiger partial charge in [-0.2, -0.15) is 4.31 Å². The summed E-state index contributed by atoms with van der Waals surface area (Å²) in [6.07, 6.45) is 2.44. The van der Waals surface area contributed by atoms with Crippen LogP contribution in [-0.4, -0.2) is 50.3 Å². The number of thiophene rings is 2. The van der Waals surface area contributed by atoms with E-state index in [1.54, 1.807) is 39.7 Å². The summed E-state index contributed by atoms with van der Waals surface area (Å²) in [5, 5.41) is 4.02. The Balaban J connectivity index is 1.63. The minimum atomic E-state index is -3.72. The molecule has 0 saturated carbocycles. The van der Waals surface area contributed by atoms with Gasteiger partial charge in [-0.05, 0) is 60.4 Å². The smallest absolute Gasteiger partial charge is 0.254 e. The largest absolute Gasteiger partial charge is 0.495 e. The third-order valence-electron chi connectivity index (χ3n) is 5.52. The van der Waals surface area contributed by atoms with Gasteiger partial charge in [-0.3, -0.25) is 4.79 Å². The molecule has 2 aromatic heterocycles. The molecule has 0 atom stereocenters. The average Bonchev–Trinajstić information content (AvgIpc) is 3.58. The van der Waals surface area contributed by atoms with E-state index in [-0.39, 0.29) is 16.6 Å². The van der Waals surface area contributed by atoms with Gasteiger partial charge in [-0.25, -0.2) is 8.42 Å². The van der Waals surface area contributed by atoms with E-state index in [4.69, 9.17) is 4.74 Å². The topological polar surface area (TPSA) is 66.9 Å². The first-order valence-electron chi connectivity index (χ1n) is 10.5. The maximum atomic E-state index is 13.5. The number of hydrogen-bond donors (Lipinski definition) is 0. The van der Waals surface area contributed by atoms with Crippen molar-refractivity contribution in [1.29, 1.82) is 0 Å². The van der Waals surface area contributed by atoms with E-state index in [2.05, 4.69) is 6.07 Å². The lowest BCUT2D eigenvalue weighted by molar-refractivity contribution is 0.0746. The van der Waals surface area contributed by atoms with E-state index in [9.17, 15) is 13.2 Å². The zero-order chi connectivity index (χ0) is 22.6. The van der Waals surface area contributed by atoms with Crippen LogP contribution in [0.25, 0.3) is 0 Å². The molecule has 0 spiro atoms. The number of hydrogen-bond acceptors (Lipinski definition) is 6. The lowest BCUT2D eigenvalue weighted by atomic mass is 10.1. The van der Waals surface area contributed by atoms with Gasteiger partial charge in [0.2, 0.25) is 10.0 Å². The van der Waals surface area contributed by atoms with E-state index in [0.29, 0.717) is 31.7 Å². The number of carbonyl (C=O) groups is 1. The normalized spacial score (nSPS) is 14.5. The van der Waals surface area contributed by atoms with Crippen LogP contribution in [-0.2, 0) is 23.0 Å². The van der Waals surface area contributed by atoms with E-state index >= 15 is 0 Å². The summed E-state index contributed by atoms with van der Waals surface area (Å²) >= 11 is 3.27. The van der Waals surface area contributed by atoms with Crippen molar-refractivity contribution in [2.75, 3.05) is 26.7 Å². The lowest BCUT2D eigenvalue weighted by Crippen LogP contribution is -2.33. The second kappa shape index (κ2) is 10.2. The first kappa shape index (κ1) is 23.0. The number of nitrogens with zero attached hydrogens (tertiary/aromatic N) is 2. The average molecular weight is 491 g/mol. The molecule has 1 fully saturated rings. The highest BCUT2D eigenvalue weighted by atomic mass is 32.2. The van der Waals surface area contributed by atoms with Crippen LogP contribution < -0.4 is 4.74 Å². The fourth-order valence-corrected chi connectivity index (χ4v) is 6.92. The molecule has 0 aliphatic carbocycles. The van der Waals surface area contributed by atoms with Gasteiger partial charge in [-0.15, -0.1) is 22.7 Å². The van der Waals surface area contributed by atoms with Gasteiger partial charge in [0.1, 0.15) is 10.6 Å². The van der Waals surface area contributed by atoms with Gasteiger partial charge in [0.15, 0.2) is 0 Å². The Morgan fingerprint density at radius 1 is 1.06 bits per heavy atom. The lowest BCUT2D eigenvalue weighted by Gasteiger charge is -2.23. The molecule has 32 heavy (non-hydrogen) atoms. The summed E-state index contributed by atoms with van der Waals surface area (Å²) < 4.78 is 33.3. The number of benzene rings is 1. The zero-order valence-electron chi connectivity index (χ0n) is 17.9. The highest BCUT2D eigenvalue weighted by Gasteiger charge is 2.31. The van der Waals surface area contributed by atoms with Crippen LogP contribution in [0, 0.1) is 0 Å². The number of rotatable bonds is 9. The predicted molar refractivity (Wildman–Crippen MR) is 128 cm³/mol.